The van der Waals surface area contributed by atoms with E-state index in [2.05, 4.69) is 16.4 Å². The van der Waals surface area contributed by atoms with E-state index in [-0.39, 0.29) is 42.3 Å². The molecular formula is C40H39ClFN5O7. The number of allylic oxidation sites excluding steroid dienone is 2. The van der Waals surface area contributed by atoms with Crippen molar-refractivity contribution >= 4 is 41.4 Å². The Hall–Kier alpha value is -5.76. The van der Waals surface area contributed by atoms with E-state index in [1.54, 1.807) is 42.5 Å². The number of ether oxygens (including phenoxy) is 4. The third kappa shape index (κ3) is 7.65. The molecule has 0 radical (unpaired) electrons. The number of nitrogens with zero attached hydrogens (tertiary/aromatic N) is 4. The van der Waals surface area contributed by atoms with Crippen LogP contribution in [0.2, 0.25) is 0 Å². The fraction of sp³-hybridized carbons (Fsp3) is 0.250. The van der Waals surface area contributed by atoms with E-state index in [9.17, 15) is 14.7 Å². The van der Waals surface area contributed by atoms with Crippen LogP contribution in [-0.4, -0.2) is 84.6 Å². The summed E-state index contributed by atoms with van der Waals surface area (Å²) in [6.07, 6.45) is 5.72. The Morgan fingerprint density at radius 1 is 0.907 bits per heavy atom. The molecule has 4 aliphatic heterocycles. The highest BCUT2D eigenvalue weighted by Crippen LogP contribution is 2.39. The van der Waals surface area contributed by atoms with Crippen LogP contribution in [-0.2, 0) is 17.7 Å². The summed E-state index contributed by atoms with van der Waals surface area (Å²) in [6, 6.07) is 21.3. The van der Waals surface area contributed by atoms with E-state index in [0.29, 0.717) is 73.5 Å². The molecule has 4 aromatic carbocycles. The van der Waals surface area contributed by atoms with E-state index in [4.69, 9.17) is 18.9 Å². The Morgan fingerprint density at radius 2 is 1.65 bits per heavy atom. The molecule has 12 nitrogen and oxygen atoms in total. The van der Waals surface area contributed by atoms with Crippen molar-refractivity contribution in [1.29, 1.82) is 0 Å². The molecule has 54 heavy (non-hydrogen) atoms. The number of fused-ring (bicyclic) bond motifs is 2. The second kappa shape index (κ2) is 16.1. The molecule has 0 atom stereocenters. The maximum Gasteiger partial charge on any atom is 0.351 e. The molecule has 1 fully saturated rings. The van der Waals surface area contributed by atoms with Crippen molar-refractivity contribution in [3.8, 4) is 23.0 Å². The van der Waals surface area contributed by atoms with E-state index >= 15 is 4.39 Å². The number of rotatable bonds is 8. The fourth-order valence-electron chi connectivity index (χ4n) is 6.81. The lowest BCUT2D eigenvalue weighted by atomic mass is 9.97. The van der Waals surface area contributed by atoms with Crippen molar-refractivity contribution in [1.82, 2.24) is 20.2 Å². The number of phenols is 1. The van der Waals surface area contributed by atoms with Crippen LogP contribution >= 0.6 is 12.4 Å². The third-order valence-electron chi connectivity index (χ3n) is 9.64. The quantitative estimate of drug-likeness (QED) is 0.216. The number of halogens is 2. The average molecular weight is 756 g/mol. The number of carbonyl (C=O) groups is 2. The number of nitrogens with one attached hydrogen (secondary N) is 1. The number of anilines is 2. The first-order chi connectivity index (χ1) is 25.9. The van der Waals surface area contributed by atoms with Gasteiger partial charge in [-0.15, -0.1) is 12.4 Å². The lowest BCUT2D eigenvalue weighted by Crippen LogP contribution is -2.46. The zero-order chi connectivity index (χ0) is 36.3. The van der Waals surface area contributed by atoms with Gasteiger partial charge in [-0.3, -0.25) is 20.0 Å². The van der Waals surface area contributed by atoms with Gasteiger partial charge in [-0.2, -0.15) is 0 Å². The van der Waals surface area contributed by atoms with Gasteiger partial charge in [0.25, 0.3) is 5.91 Å². The number of amides is 3. The number of hydrogen-bond donors (Lipinski definition) is 2. The summed E-state index contributed by atoms with van der Waals surface area (Å²) in [5.74, 6) is 0.199. The minimum Gasteiger partial charge on any atom is -0.508 e. The summed E-state index contributed by atoms with van der Waals surface area (Å²) < 4.78 is 38.1. The number of morpholine rings is 1. The minimum absolute atomic E-state index is 0. The molecule has 3 amide bonds. The second-order valence-corrected chi connectivity index (χ2v) is 13.0. The van der Waals surface area contributed by atoms with E-state index in [1.165, 1.54) is 45.9 Å². The largest absolute Gasteiger partial charge is 0.508 e. The van der Waals surface area contributed by atoms with Gasteiger partial charge in [0, 0.05) is 50.6 Å². The first kappa shape index (κ1) is 36.6. The fourth-order valence-corrected chi connectivity index (χ4v) is 6.81. The number of hydrazine groups is 1. The Balaban J connectivity index is 0.00000450. The molecule has 8 rings (SSSR count). The standard InChI is InChI=1S/C40H38FN5O7.ClH/c41-34-22-30(9-12-36(34)51-21-18-43-16-19-50-20-17-43)46(29-7-10-31(47)11-8-29)40(49)45-14-3-6-35(42-45)32-23-37-38(53-26-52-37)24-33(32)39(48)44-15-13-27-4-1-2-5-28(27)25-44;/h1-12,14,22-24,42,47H,13,15-21,25-26H2;1H. The summed E-state index contributed by atoms with van der Waals surface area (Å²) in [7, 11) is 0. The topological polar surface area (TPSA) is 116 Å². The Morgan fingerprint density at radius 3 is 2.43 bits per heavy atom. The molecule has 0 saturated carbocycles. The first-order valence-corrected chi connectivity index (χ1v) is 17.5. The van der Waals surface area contributed by atoms with Gasteiger partial charge in [0.1, 0.15) is 12.4 Å². The molecule has 4 heterocycles. The van der Waals surface area contributed by atoms with Crippen molar-refractivity contribution in [3.63, 3.8) is 0 Å². The number of urea groups is 1. The maximum absolute atomic E-state index is 15.6. The van der Waals surface area contributed by atoms with Gasteiger partial charge in [-0.1, -0.05) is 24.3 Å². The highest BCUT2D eigenvalue weighted by atomic mass is 35.5. The number of phenolic OH excluding ortho intramolecular Hbond substituents is 1. The van der Waals surface area contributed by atoms with Gasteiger partial charge in [0.05, 0.1) is 35.8 Å². The van der Waals surface area contributed by atoms with E-state index in [1.807, 2.05) is 23.1 Å². The Kier molecular flexibility index (Phi) is 10.9. The molecule has 0 aromatic heterocycles. The second-order valence-electron chi connectivity index (χ2n) is 13.0. The van der Waals surface area contributed by atoms with Gasteiger partial charge in [0.15, 0.2) is 23.1 Å². The van der Waals surface area contributed by atoms with Crippen LogP contribution < -0.4 is 24.5 Å². The van der Waals surface area contributed by atoms with Crippen molar-refractivity contribution < 1.29 is 38.0 Å². The lowest BCUT2D eigenvalue weighted by molar-refractivity contribution is 0.0320. The monoisotopic (exact) mass is 755 g/mol. The van der Waals surface area contributed by atoms with Gasteiger partial charge >= 0.3 is 6.03 Å². The number of hydrogen-bond acceptors (Lipinski definition) is 9. The summed E-state index contributed by atoms with van der Waals surface area (Å²) in [5, 5.41) is 11.3. The minimum atomic E-state index is -0.632. The van der Waals surface area contributed by atoms with Gasteiger partial charge in [0.2, 0.25) is 6.79 Å². The van der Waals surface area contributed by atoms with E-state index in [0.717, 1.165) is 25.1 Å². The summed E-state index contributed by atoms with van der Waals surface area (Å²) >= 11 is 0. The molecular weight excluding hydrogens is 717 g/mol. The molecule has 0 spiro atoms. The molecule has 4 aliphatic rings. The average Bonchev–Trinajstić information content (AvgIpc) is 3.67. The molecule has 0 aliphatic carbocycles. The van der Waals surface area contributed by atoms with Crippen LogP contribution in [0.4, 0.5) is 20.6 Å². The van der Waals surface area contributed by atoms with Gasteiger partial charge in [-0.25, -0.2) is 14.2 Å². The van der Waals surface area contributed by atoms with Gasteiger partial charge in [-0.05, 0) is 78.2 Å². The number of carbonyl (C=O) groups excluding carboxylic acids is 2. The smallest absolute Gasteiger partial charge is 0.351 e. The van der Waals surface area contributed by atoms with Gasteiger partial charge < -0.3 is 29.0 Å². The van der Waals surface area contributed by atoms with Crippen molar-refractivity contribution in [2.24, 2.45) is 0 Å². The maximum atomic E-state index is 15.6. The number of benzene rings is 4. The van der Waals surface area contributed by atoms with Crippen LogP contribution in [0.5, 0.6) is 23.0 Å². The third-order valence-corrected chi connectivity index (χ3v) is 9.64. The Bertz CT molecular complexity index is 2090. The van der Waals surface area contributed by atoms with Crippen LogP contribution in [0, 0.1) is 5.82 Å². The van der Waals surface area contributed by atoms with Crippen LogP contribution in [0.25, 0.3) is 5.70 Å². The van der Waals surface area contributed by atoms with Crippen LogP contribution in [0.1, 0.15) is 27.0 Å². The molecule has 4 aromatic rings. The summed E-state index contributed by atoms with van der Waals surface area (Å²) in [6.45, 7) is 4.88. The van der Waals surface area contributed by atoms with Crippen molar-refractivity contribution in [2.45, 2.75) is 13.0 Å². The predicted octanol–water partition coefficient (Wildman–Crippen LogP) is 6.22. The zero-order valence-electron chi connectivity index (χ0n) is 29.3. The SMILES string of the molecule is Cl.O=C(c1cc2c(cc1C1=CC=CN(C(=O)N(c3ccc(O)cc3)c3ccc(OCCN4CCOCC4)c(F)c3)N1)OCO2)N1CCc2ccccc2C1. The Labute approximate surface area is 317 Å². The first-order valence-electron chi connectivity index (χ1n) is 17.5. The molecule has 0 unspecified atom stereocenters. The number of aromatic hydroxyl groups is 1. The summed E-state index contributed by atoms with van der Waals surface area (Å²) in [5.41, 5.74) is 7.45. The van der Waals surface area contributed by atoms with Crippen molar-refractivity contribution in [2.75, 3.05) is 57.7 Å². The predicted molar refractivity (Wildman–Crippen MR) is 202 cm³/mol. The highest BCUT2D eigenvalue weighted by molar-refractivity contribution is 6.02. The molecule has 0 bridgehead atoms. The molecule has 14 heteroatoms. The van der Waals surface area contributed by atoms with Crippen LogP contribution in [0.3, 0.4) is 0 Å². The molecule has 2 N–H and O–H groups in total. The molecule has 1 saturated heterocycles. The highest BCUT2D eigenvalue weighted by Gasteiger charge is 2.31. The normalized spacial score (nSPS) is 16.1. The summed E-state index contributed by atoms with van der Waals surface area (Å²) in [4.78, 5) is 33.9. The van der Waals surface area contributed by atoms with Crippen molar-refractivity contribution in [3.05, 3.63) is 125 Å². The zero-order valence-corrected chi connectivity index (χ0v) is 30.1. The van der Waals surface area contributed by atoms with Crippen LogP contribution in [0.15, 0.2) is 97.2 Å². The molecule has 280 valence electrons. The van der Waals surface area contributed by atoms with E-state index < -0.39 is 11.8 Å². The lowest BCUT2D eigenvalue weighted by Gasteiger charge is -2.33.